The zero-order valence-corrected chi connectivity index (χ0v) is 17.4. The van der Waals surface area contributed by atoms with Gasteiger partial charge in [0.05, 0.1) is 12.2 Å². The van der Waals surface area contributed by atoms with Crippen LogP contribution in [-0.2, 0) is 9.53 Å². The molecule has 5 heteroatoms. The number of carbonyl (C=O) groups excluding carboxylic acids is 1. The Morgan fingerprint density at radius 2 is 1.72 bits per heavy atom. The van der Waals surface area contributed by atoms with Gasteiger partial charge in [0.1, 0.15) is 5.82 Å². The minimum Gasteiger partial charge on any atom is -0.365 e. The third-order valence-corrected chi connectivity index (χ3v) is 6.47. The van der Waals surface area contributed by atoms with Crippen molar-refractivity contribution >= 4 is 17.5 Å². The fourth-order valence-corrected chi connectivity index (χ4v) is 4.79. The van der Waals surface area contributed by atoms with Gasteiger partial charge in [0, 0.05) is 29.3 Å². The van der Waals surface area contributed by atoms with E-state index in [4.69, 9.17) is 16.3 Å². The van der Waals surface area contributed by atoms with E-state index < -0.39 is 5.54 Å². The first-order chi connectivity index (χ1) is 13.9. The second-order valence-corrected chi connectivity index (χ2v) is 9.10. The Kier molecular flexibility index (Phi) is 5.93. The third kappa shape index (κ3) is 4.81. The van der Waals surface area contributed by atoms with Gasteiger partial charge in [-0.1, -0.05) is 48.7 Å². The van der Waals surface area contributed by atoms with Crippen molar-refractivity contribution in [1.29, 1.82) is 0 Å². The number of hydrogen-bond donors (Lipinski definition) is 1. The van der Waals surface area contributed by atoms with Crippen LogP contribution >= 0.6 is 11.6 Å². The second kappa shape index (κ2) is 8.45. The summed E-state index contributed by atoms with van der Waals surface area (Å²) in [6, 6.07) is 14.2. The van der Waals surface area contributed by atoms with Crippen LogP contribution in [0.3, 0.4) is 0 Å². The van der Waals surface area contributed by atoms with Crippen LogP contribution in [0.2, 0.25) is 5.02 Å². The quantitative estimate of drug-likeness (QED) is 0.651. The van der Waals surface area contributed by atoms with Crippen LogP contribution in [0.5, 0.6) is 0 Å². The highest BCUT2D eigenvalue weighted by Gasteiger charge is 2.41. The van der Waals surface area contributed by atoms with E-state index in [1.807, 2.05) is 30.3 Å². The number of carbonyl (C=O) groups is 1. The number of rotatable bonds is 4. The molecule has 2 fully saturated rings. The molecule has 3 atom stereocenters. The van der Waals surface area contributed by atoms with E-state index in [9.17, 15) is 9.18 Å². The Balaban J connectivity index is 1.61. The van der Waals surface area contributed by atoms with Crippen LogP contribution < -0.4 is 5.32 Å². The summed E-state index contributed by atoms with van der Waals surface area (Å²) in [5, 5.41) is 3.99. The molecule has 2 aromatic carbocycles. The van der Waals surface area contributed by atoms with Crippen LogP contribution in [0.4, 0.5) is 4.39 Å². The Bertz CT molecular complexity index is 865. The lowest BCUT2D eigenvalue weighted by atomic mass is 9.81. The number of nitrogens with one attached hydrogen (secondary N) is 1. The SMILES string of the molecule is C[C@]1(NC(=O)C2CCCC2)C[C@@H](c2ccc(Cl)cc2)O[C@@H](c2cccc(F)c2)C1. The Hall–Kier alpha value is -1.91. The molecule has 1 heterocycles. The van der Waals surface area contributed by atoms with Crippen LogP contribution in [0.25, 0.3) is 0 Å². The van der Waals surface area contributed by atoms with Gasteiger partial charge in [0.15, 0.2) is 0 Å². The van der Waals surface area contributed by atoms with E-state index in [-0.39, 0.29) is 29.9 Å². The first-order valence-electron chi connectivity index (χ1n) is 10.4. The molecule has 2 aromatic rings. The van der Waals surface area contributed by atoms with Crippen molar-refractivity contribution in [1.82, 2.24) is 5.32 Å². The zero-order valence-electron chi connectivity index (χ0n) is 16.7. The van der Waals surface area contributed by atoms with E-state index in [1.165, 1.54) is 12.1 Å². The fourth-order valence-electron chi connectivity index (χ4n) is 4.66. The normalized spacial score (nSPS) is 27.7. The molecule has 29 heavy (non-hydrogen) atoms. The van der Waals surface area contributed by atoms with Gasteiger partial charge in [-0.15, -0.1) is 0 Å². The average molecular weight is 416 g/mol. The molecule has 2 aliphatic rings. The summed E-state index contributed by atoms with van der Waals surface area (Å²) < 4.78 is 20.2. The van der Waals surface area contributed by atoms with Crippen LogP contribution in [-0.4, -0.2) is 11.4 Å². The van der Waals surface area contributed by atoms with Crippen molar-refractivity contribution in [2.24, 2.45) is 5.92 Å². The van der Waals surface area contributed by atoms with Crippen LogP contribution in [0, 0.1) is 11.7 Å². The molecule has 1 saturated carbocycles. The Labute approximate surface area is 176 Å². The van der Waals surface area contributed by atoms with Crippen molar-refractivity contribution in [2.45, 2.75) is 63.2 Å². The minimum absolute atomic E-state index is 0.108. The molecule has 0 radical (unpaired) electrons. The summed E-state index contributed by atoms with van der Waals surface area (Å²) in [7, 11) is 0. The molecule has 0 unspecified atom stereocenters. The summed E-state index contributed by atoms with van der Waals surface area (Å²) >= 11 is 6.05. The van der Waals surface area contributed by atoms with E-state index in [0.717, 1.165) is 36.8 Å². The smallest absolute Gasteiger partial charge is 0.223 e. The number of halogens is 2. The molecular weight excluding hydrogens is 389 g/mol. The number of benzene rings is 2. The lowest BCUT2D eigenvalue weighted by molar-refractivity contribution is -0.132. The van der Waals surface area contributed by atoms with E-state index in [1.54, 1.807) is 6.07 Å². The Morgan fingerprint density at radius 3 is 2.38 bits per heavy atom. The van der Waals surface area contributed by atoms with Gasteiger partial charge in [-0.05, 0) is 55.2 Å². The highest BCUT2D eigenvalue weighted by molar-refractivity contribution is 6.30. The first-order valence-corrected chi connectivity index (χ1v) is 10.8. The van der Waals surface area contributed by atoms with Crippen molar-refractivity contribution in [2.75, 3.05) is 0 Å². The predicted molar refractivity (Wildman–Crippen MR) is 112 cm³/mol. The molecule has 1 amide bonds. The largest absolute Gasteiger partial charge is 0.365 e. The summed E-state index contributed by atoms with van der Waals surface area (Å²) in [5.74, 6) is -0.0348. The topological polar surface area (TPSA) is 38.3 Å². The monoisotopic (exact) mass is 415 g/mol. The first kappa shape index (κ1) is 20.4. The van der Waals surface area contributed by atoms with Gasteiger partial charge in [-0.25, -0.2) is 4.39 Å². The molecule has 4 rings (SSSR count). The van der Waals surface area contributed by atoms with E-state index in [2.05, 4.69) is 12.2 Å². The van der Waals surface area contributed by atoms with Gasteiger partial charge in [-0.2, -0.15) is 0 Å². The van der Waals surface area contributed by atoms with Crippen LogP contribution in [0.1, 0.15) is 68.8 Å². The van der Waals surface area contributed by atoms with Crippen molar-refractivity contribution in [3.05, 3.63) is 70.5 Å². The third-order valence-electron chi connectivity index (χ3n) is 6.21. The minimum atomic E-state index is -0.431. The molecule has 1 saturated heterocycles. The van der Waals surface area contributed by atoms with Gasteiger partial charge < -0.3 is 10.1 Å². The number of amides is 1. The summed E-state index contributed by atoms with van der Waals surface area (Å²) in [6.07, 6.45) is 4.95. The second-order valence-electron chi connectivity index (χ2n) is 8.66. The highest BCUT2D eigenvalue weighted by atomic mass is 35.5. The molecule has 3 nitrogen and oxygen atoms in total. The molecule has 154 valence electrons. The summed E-state index contributed by atoms with van der Waals surface area (Å²) in [4.78, 5) is 12.9. The van der Waals surface area contributed by atoms with E-state index in [0.29, 0.717) is 17.9 Å². The van der Waals surface area contributed by atoms with Gasteiger partial charge in [0.25, 0.3) is 0 Å². The zero-order chi connectivity index (χ0) is 20.4. The highest BCUT2D eigenvalue weighted by Crippen LogP contribution is 2.44. The molecule has 0 bridgehead atoms. The number of ether oxygens (including phenoxy) is 1. The lowest BCUT2D eigenvalue weighted by Crippen LogP contribution is -2.52. The summed E-state index contributed by atoms with van der Waals surface area (Å²) in [5.41, 5.74) is 1.38. The van der Waals surface area contributed by atoms with Crippen LogP contribution in [0.15, 0.2) is 48.5 Å². The van der Waals surface area contributed by atoms with Gasteiger partial charge in [-0.3, -0.25) is 4.79 Å². The average Bonchev–Trinajstić information content (AvgIpc) is 3.23. The lowest BCUT2D eigenvalue weighted by Gasteiger charge is -2.44. The van der Waals surface area contributed by atoms with Crippen molar-refractivity contribution in [3.63, 3.8) is 0 Å². The molecule has 1 N–H and O–H groups in total. The maximum Gasteiger partial charge on any atom is 0.223 e. The molecule has 0 aromatic heterocycles. The molecule has 0 spiro atoms. The Morgan fingerprint density at radius 1 is 1.07 bits per heavy atom. The predicted octanol–water partition coefficient (Wildman–Crippen LogP) is 6.14. The fraction of sp³-hybridized carbons (Fsp3) is 0.458. The maximum absolute atomic E-state index is 13.9. The van der Waals surface area contributed by atoms with Gasteiger partial charge in [0.2, 0.25) is 5.91 Å². The van der Waals surface area contributed by atoms with Crippen molar-refractivity contribution < 1.29 is 13.9 Å². The summed E-state index contributed by atoms with van der Waals surface area (Å²) in [6.45, 7) is 2.08. The molecular formula is C24H27ClFNO2. The van der Waals surface area contributed by atoms with Gasteiger partial charge >= 0.3 is 0 Å². The van der Waals surface area contributed by atoms with Crippen molar-refractivity contribution in [3.8, 4) is 0 Å². The standard InChI is InChI=1S/C24H27ClFNO2/c1-24(27-23(28)17-5-2-3-6-17)14-21(16-9-11-19(25)12-10-16)29-22(15-24)18-7-4-8-20(26)13-18/h4,7-13,17,21-22H,2-3,5-6,14-15H2,1H3,(H,27,28)/t21-,22+,24-/m0/s1. The molecule has 1 aliphatic heterocycles. The van der Waals surface area contributed by atoms with E-state index >= 15 is 0 Å². The molecule has 1 aliphatic carbocycles. The number of hydrogen-bond acceptors (Lipinski definition) is 2. The maximum atomic E-state index is 13.9.